The van der Waals surface area contributed by atoms with Crippen LogP contribution >= 0.6 is 0 Å². The first-order valence-corrected chi connectivity index (χ1v) is 5.45. The minimum Gasteiger partial charge on any atom is -0.393 e. The lowest BCUT2D eigenvalue weighted by Gasteiger charge is -2.59. The van der Waals surface area contributed by atoms with Gasteiger partial charge in [0.25, 0.3) is 0 Å². The molecule has 1 N–H and O–H groups in total. The zero-order valence-corrected chi connectivity index (χ0v) is 7.68. The Morgan fingerprint density at radius 1 is 0.833 bits per heavy atom. The van der Waals surface area contributed by atoms with E-state index in [4.69, 9.17) is 0 Å². The van der Waals surface area contributed by atoms with E-state index in [2.05, 4.69) is 0 Å². The molecular formula is C11H18O. The van der Waals surface area contributed by atoms with Crippen LogP contribution in [-0.2, 0) is 0 Å². The third kappa shape index (κ3) is 0.654. The lowest BCUT2D eigenvalue weighted by molar-refractivity contribution is -0.0880. The first-order valence-electron chi connectivity index (χ1n) is 5.45. The Morgan fingerprint density at radius 2 is 1.33 bits per heavy atom. The fourth-order valence-electron chi connectivity index (χ4n) is 4.35. The molecule has 0 bridgehead atoms. The van der Waals surface area contributed by atoms with Crippen molar-refractivity contribution < 1.29 is 5.11 Å². The van der Waals surface area contributed by atoms with Crippen LogP contribution in [0.1, 0.15) is 51.4 Å². The smallest absolute Gasteiger partial charge is 0.0551 e. The van der Waals surface area contributed by atoms with Gasteiger partial charge in [0.15, 0.2) is 0 Å². The molecule has 0 saturated heterocycles. The molecule has 0 heterocycles. The van der Waals surface area contributed by atoms with Gasteiger partial charge in [-0.2, -0.15) is 0 Å². The molecule has 3 aliphatic rings. The minimum atomic E-state index is 0.0469. The average Bonchev–Trinajstić information content (AvgIpc) is 2.25. The Balaban J connectivity index is 1.95. The minimum absolute atomic E-state index is 0.0469. The van der Waals surface area contributed by atoms with Crippen LogP contribution in [-0.4, -0.2) is 11.2 Å². The number of hydrogen-bond acceptors (Lipinski definition) is 1. The summed E-state index contributed by atoms with van der Waals surface area (Å²) in [6.45, 7) is 0. The third-order valence-electron chi connectivity index (χ3n) is 5.02. The predicted molar refractivity (Wildman–Crippen MR) is 47.8 cm³/mol. The van der Waals surface area contributed by atoms with Crippen LogP contribution in [0.3, 0.4) is 0 Å². The van der Waals surface area contributed by atoms with Gasteiger partial charge in [-0.1, -0.05) is 12.8 Å². The first-order chi connectivity index (χ1) is 5.77. The molecular weight excluding hydrogens is 148 g/mol. The molecule has 0 aromatic rings. The Labute approximate surface area is 74.2 Å². The zero-order valence-electron chi connectivity index (χ0n) is 7.68. The summed E-state index contributed by atoms with van der Waals surface area (Å²) < 4.78 is 0. The molecule has 12 heavy (non-hydrogen) atoms. The van der Waals surface area contributed by atoms with Crippen molar-refractivity contribution in [2.75, 3.05) is 0 Å². The second-order valence-corrected chi connectivity index (χ2v) is 5.33. The van der Waals surface area contributed by atoms with E-state index in [-0.39, 0.29) is 6.10 Å². The Morgan fingerprint density at radius 3 is 1.75 bits per heavy atom. The normalized spacial score (nSPS) is 57.2. The highest BCUT2D eigenvalue weighted by molar-refractivity contribution is 5.14. The van der Waals surface area contributed by atoms with Gasteiger partial charge in [0.2, 0.25) is 0 Å². The van der Waals surface area contributed by atoms with Gasteiger partial charge < -0.3 is 5.11 Å². The SMILES string of the molecule is OC1C[C@@]23CCCC[C@@]2(CC3)C1. The molecule has 0 spiro atoms. The van der Waals surface area contributed by atoms with E-state index in [0.29, 0.717) is 10.8 Å². The summed E-state index contributed by atoms with van der Waals surface area (Å²) >= 11 is 0. The molecule has 3 aliphatic carbocycles. The van der Waals surface area contributed by atoms with Gasteiger partial charge in [0, 0.05) is 0 Å². The molecule has 0 aliphatic heterocycles. The van der Waals surface area contributed by atoms with Crippen molar-refractivity contribution in [2.24, 2.45) is 10.8 Å². The summed E-state index contributed by atoms with van der Waals surface area (Å²) in [6, 6.07) is 0. The molecule has 68 valence electrons. The fourth-order valence-corrected chi connectivity index (χ4v) is 4.35. The maximum Gasteiger partial charge on any atom is 0.0551 e. The molecule has 0 amide bonds. The third-order valence-corrected chi connectivity index (χ3v) is 5.02. The van der Waals surface area contributed by atoms with Crippen LogP contribution in [0.5, 0.6) is 0 Å². The van der Waals surface area contributed by atoms with Crippen LogP contribution in [0, 0.1) is 10.8 Å². The maximum atomic E-state index is 9.73. The van der Waals surface area contributed by atoms with Crippen molar-refractivity contribution in [2.45, 2.75) is 57.5 Å². The largest absolute Gasteiger partial charge is 0.393 e. The highest BCUT2D eigenvalue weighted by Crippen LogP contribution is 2.72. The quantitative estimate of drug-likeness (QED) is 0.586. The summed E-state index contributed by atoms with van der Waals surface area (Å²) in [5.74, 6) is 0. The Kier molecular flexibility index (Phi) is 1.27. The van der Waals surface area contributed by atoms with Gasteiger partial charge in [-0.3, -0.25) is 0 Å². The molecule has 0 radical (unpaired) electrons. The van der Waals surface area contributed by atoms with Crippen molar-refractivity contribution in [3.05, 3.63) is 0 Å². The summed E-state index contributed by atoms with van der Waals surface area (Å²) in [7, 11) is 0. The highest BCUT2D eigenvalue weighted by Gasteiger charge is 2.63. The number of rotatable bonds is 0. The number of aliphatic hydroxyl groups excluding tert-OH is 1. The van der Waals surface area contributed by atoms with E-state index in [1.807, 2.05) is 0 Å². The molecule has 3 atom stereocenters. The summed E-state index contributed by atoms with van der Waals surface area (Å²) in [6.07, 6.45) is 10.8. The van der Waals surface area contributed by atoms with Crippen LogP contribution < -0.4 is 0 Å². The predicted octanol–water partition coefficient (Wildman–Crippen LogP) is 2.48. The van der Waals surface area contributed by atoms with Crippen molar-refractivity contribution in [1.29, 1.82) is 0 Å². The first kappa shape index (κ1) is 7.37. The van der Waals surface area contributed by atoms with Crippen LogP contribution in [0.25, 0.3) is 0 Å². The monoisotopic (exact) mass is 166 g/mol. The van der Waals surface area contributed by atoms with E-state index < -0.39 is 0 Å². The number of hydrogen-bond donors (Lipinski definition) is 1. The van der Waals surface area contributed by atoms with E-state index >= 15 is 0 Å². The van der Waals surface area contributed by atoms with Gasteiger partial charge in [-0.15, -0.1) is 0 Å². The maximum absolute atomic E-state index is 9.73. The fraction of sp³-hybridized carbons (Fsp3) is 1.00. The lowest BCUT2D eigenvalue weighted by atomic mass is 9.46. The summed E-state index contributed by atoms with van der Waals surface area (Å²) in [4.78, 5) is 0. The van der Waals surface area contributed by atoms with Gasteiger partial charge >= 0.3 is 0 Å². The average molecular weight is 166 g/mol. The van der Waals surface area contributed by atoms with E-state index in [1.165, 1.54) is 38.5 Å². The molecule has 3 rings (SSSR count). The second kappa shape index (κ2) is 2.06. The van der Waals surface area contributed by atoms with E-state index in [1.54, 1.807) is 0 Å². The van der Waals surface area contributed by atoms with Crippen molar-refractivity contribution in [3.8, 4) is 0 Å². The van der Waals surface area contributed by atoms with Crippen molar-refractivity contribution >= 4 is 0 Å². The molecule has 1 unspecified atom stereocenters. The van der Waals surface area contributed by atoms with Gasteiger partial charge in [0.05, 0.1) is 6.10 Å². The topological polar surface area (TPSA) is 20.2 Å². The molecule has 1 nitrogen and oxygen atoms in total. The highest BCUT2D eigenvalue weighted by atomic mass is 16.3. The lowest BCUT2D eigenvalue weighted by Crippen LogP contribution is -2.49. The van der Waals surface area contributed by atoms with Crippen molar-refractivity contribution in [1.82, 2.24) is 0 Å². The van der Waals surface area contributed by atoms with Crippen LogP contribution in [0.15, 0.2) is 0 Å². The standard InChI is InChI=1S/C11H18O/c12-9-7-10-3-1-2-4-11(10,8-9)6-5-10/h9,12H,1-8H2/t9?,10-,11+. The second-order valence-electron chi connectivity index (χ2n) is 5.33. The van der Waals surface area contributed by atoms with Gasteiger partial charge in [0.1, 0.15) is 0 Å². The van der Waals surface area contributed by atoms with Crippen LogP contribution in [0.4, 0.5) is 0 Å². The van der Waals surface area contributed by atoms with Crippen LogP contribution in [0.2, 0.25) is 0 Å². The Hall–Kier alpha value is -0.0400. The van der Waals surface area contributed by atoms with Gasteiger partial charge in [-0.25, -0.2) is 0 Å². The summed E-state index contributed by atoms with van der Waals surface area (Å²) in [5, 5.41) is 9.73. The van der Waals surface area contributed by atoms with Gasteiger partial charge in [-0.05, 0) is 49.4 Å². The molecule has 0 aromatic carbocycles. The number of aliphatic hydroxyl groups is 1. The summed E-state index contributed by atoms with van der Waals surface area (Å²) in [5.41, 5.74) is 1.26. The van der Waals surface area contributed by atoms with E-state index in [0.717, 1.165) is 12.8 Å². The molecule has 0 aromatic heterocycles. The molecule has 3 saturated carbocycles. The molecule has 3 fully saturated rings. The molecule has 1 heteroatoms. The van der Waals surface area contributed by atoms with Crippen molar-refractivity contribution in [3.63, 3.8) is 0 Å². The Bertz CT molecular complexity index is 191. The van der Waals surface area contributed by atoms with E-state index in [9.17, 15) is 5.11 Å². The zero-order chi connectivity index (χ0) is 8.23.